The second-order valence-electron chi connectivity index (χ2n) is 3.75. The number of hydrogen-bond donors (Lipinski definition) is 3. The summed E-state index contributed by atoms with van der Waals surface area (Å²) in [5.74, 6) is 0.176. The number of likely N-dealkylation sites (N-methyl/N-ethyl adjacent to an activating group) is 1. The molecule has 0 aromatic carbocycles. The van der Waals surface area contributed by atoms with Gasteiger partial charge in [-0.1, -0.05) is 0 Å². The minimum atomic E-state index is -0.589. The summed E-state index contributed by atoms with van der Waals surface area (Å²) < 4.78 is 0. The maximum Gasteiger partial charge on any atom is 0.342 e. The van der Waals surface area contributed by atoms with Gasteiger partial charge in [-0.25, -0.2) is 9.89 Å². The van der Waals surface area contributed by atoms with E-state index in [1.807, 2.05) is 7.05 Å². The van der Waals surface area contributed by atoms with Crippen LogP contribution >= 0.6 is 0 Å². The Bertz CT molecular complexity index is 451. The Morgan fingerprint density at radius 1 is 1.53 bits per heavy atom. The number of nitrogens with one attached hydrogen (secondary N) is 3. The highest BCUT2D eigenvalue weighted by molar-refractivity contribution is 5.30. The fourth-order valence-corrected chi connectivity index (χ4v) is 1.69. The maximum atomic E-state index is 11.3. The van der Waals surface area contributed by atoms with Gasteiger partial charge in [0.15, 0.2) is 0 Å². The molecule has 0 saturated carbocycles. The summed E-state index contributed by atoms with van der Waals surface area (Å²) in [5, 5.41) is 8.84. The van der Waals surface area contributed by atoms with Crippen molar-refractivity contribution in [2.24, 2.45) is 0 Å². The number of likely N-dealkylation sites (tertiary alicyclic amines) is 1. The molecule has 0 spiro atoms. The van der Waals surface area contributed by atoms with Crippen LogP contribution < -0.4 is 16.6 Å². The normalized spacial score (nSPS) is 21.8. The molecule has 1 atom stereocenters. The molecule has 1 saturated heterocycles. The third-order valence-electron chi connectivity index (χ3n) is 2.44. The third kappa shape index (κ3) is 2.24. The molecule has 82 valence electrons. The van der Waals surface area contributed by atoms with Crippen LogP contribution in [0, 0.1) is 0 Å². The molecule has 0 aliphatic carbocycles. The average Bonchev–Trinajstić information content (AvgIpc) is 2.56. The minimum Gasteiger partial charge on any atom is -0.360 e. The molecule has 1 aromatic heterocycles. The van der Waals surface area contributed by atoms with Gasteiger partial charge >= 0.3 is 5.69 Å². The molecular weight excluding hydrogens is 198 g/mol. The van der Waals surface area contributed by atoms with Crippen molar-refractivity contribution >= 4 is 5.82 Å². The molecule has 1 fully saturated rings. The molecule has 1 unspecified atom stereocenters. The van der Waals surface area contributed by atoms with Gasteiger partial charge in [0.1, 0.15) is 0 Å². The van der Waals surface area contributed by atoms with Crippen molar-refractivity contribution in [3.05, 3.63) is 20.8 Å². The molecule has 2 rings (SSSR count). The zero-order valence-electron chi connectivity index (χ0n) is 8.41. The third-order valence-corrected chi connectivity index (χ3v) is 2.44. The molecule has 7 heteroatoms. The van der Waals surface area contributed by atoms with Crippen LogP contribution in [0.5, 0.6) is 0 Å². The van der Waals surface area contributed by atoms with E-state index < -0.39 is 11.2 Å². The smallest absolute Gasteiger partial charge is 0.342 e. The largest absolute Gasteiger partial charge is 0.360 e. The van der Waals surface area contributed by atoms with E-state index in [1.54, 1.807) is 0 Å². The summed E-state index contributed by atoms with van der Waals surface area (Å²) in [6.07, 6.45) is 0.969. The molecule has 7 nitrogen and oxygen atoms in total. The molecule has 3 N–H and O–H groups in total. The Hall–Kier alpha value is -1.63. The lowest BCUT2D eigenvalue weighted by atomic mass is 10.3. The fourth-order valence-electron chi connectivity index (χ4n) is 1.69. The SMILES string of the molecule is CN1CCC(Nc2n[nH]c(=O)[nH]c2=O)C1. The summed E-state index contributed by atoms with van der Waals surface area (Å²) in [6, 6.07) is 0.217. The summed E-state index contributed by atoms with van der Waals surface area (Å²) in [4.78, 5) is 26.3. The van der Waals surface area contributed by atoms with Gasteiger partial charge in [-0.2, -0.15) is 0 Å². The number of hydrogen-bond acceptors (Lipinski definition) is 5. The zero-order chi connectivity index (χ0) is 10.8. The molecule has 15 heavy (non-hydrogen) atoms. The van der Waals surface area contributed by atoms with E-state index in [4.69, 9.17) is 0 Å². The van der Waals surface area contributed by atoms with Gasteiger partial charge in [-0.15, -0.1) is 5.10 Å². The van der Waals surface area contributed by atoms with Crippen molar-refractivity contribution in [1.82, 2.24) is 20.1 Å². The van der Waals surface area contributed by atoms with Crippen molar-refractivity contribution in [3.8, 4) is 0 Å². The summed E-state index contributed by atoms with van der Waals surface area (Å²) in [5.41, 5.74) is -1.07. The molecule has 1 aromatic rings. The highest BCUT2D eigenvalue weighted by atomic mass is 16.2. The lowest BCUT2D eigenvalue weighted by molar-refractivity contribution is 0.414. The van der Waals surface area contributed by atoms with Gasteiger partial charge in [-0.05, 0) is 20.0 Å². The van der Waals surface area contributed by atoms with Crippen LogP contribution in [0.1, 0.15) is 6.42 Å². The summed E-state index contributed by atoms with van der Waals surface area (Å²) >= 11 is 0. The first-order valence-electron chi connectivity index (χ1n) is 4.79. The molecular formula is C8H13N5O2. The molecule has 1 aliphatic rings. The highest BCUT2D eigenvalue weighted by Gasteiger charge is 2.20. The van der Waals surface area contributed by atoms with E-state index >= 15 is 0 Å². The Labute approximate surface area is 85.5 Å². The van der Waals surface area contributed by atoms with Crippen LogP contribution in [0.4, 0.5) is 5.82 Å². The van der Waals surface area contributed by atoms with Crippen LogP contribution in [-0.2, 0) is 0 Å². The Morgan fingerprint density at radius 2 is 2.33 bits per heavy atom. The van der Waals surface area contributed by atoms with E-state index in [0.29, 0.717) is 0 Å². The molecule has 0 bridgehead atoms. The first-order chi connectivity index (χ1) is 7.15. The second kappa shape index (κ2) is 3.85. The van der Waals surface area contributed by atoms with Crippen LogP contribution in [-0.4, -0.2) is 46.3 Å². The maximum absolute atomic E-state index is 11.3. The molecule has 1 aliphatic heterocycles. The van der Waals surface area contributed by atoms with E-state index in [-0.39, 0.29) is 11.9 Å². The van der Waals surface area contributed by atoms with E-state index in [2.05, 4.69) is 25.4 Å². The molecule has 2 heterocycles. The lowest BCUT2D eigenvalue weighted by Crippen LogP contribution is -2.31. The van der Waals surface area contributed by atoms with Gasteiger partial charge in [0.05, 0.1) is 0 Å². The topological polar surface area (TPSA) is 93.9 Å². The van der Waals surface area contributed by atoms with Crippen LogP contribution in [0.15, 0.2) is 9.59 Å². The van der Waals surface area contributed by atoms with Crippen LogP contribution in [0.2, 0.25) is 0 Å². The van der Waals surface area contributed by atoms with Gasteiger partial charge in [-0.3, -0.25) is 9.78 Å². The van der Waals surface area contributed by atoms with Crippen molar-refractivity contribution in [2.75, 3.05) is 25.5 Å². The molecule has 0 radical (unpaired) electrons. The van der Waals surface area contributed by atoms with E-state index in [0.717, 1.165) is 19.5 Å². The Balaban J connectivity index is 2.11. The second-order valence-corrected chi connectivity index (χ2v) is 3.75. The first kappa shape index (κ1) is 9.91. The van der Waals surface area contributed by atoms with E-state index in [1.165, 1.54) is 0 Å². The average molecular weight is 211 g/mol. The van der Waals surface area contributed by atoms with Crippen molar-refractivity contribution < 1.29 is 0 Å². The predicted molar refractivity (Wildman–Crippen MR) is 55.0 cm³/mol. The van der Waals surface area contributed by atoms with Gasteiger partial charge < -0.3 is 10.2 Å². The van der Waals surface area contributed by atoms with Crippen LogP contribution in [0.3, 0.4) is 0 Å². The quantitative estimate of drug-likeness (QED) is 0.558. The summed E-state index contributed by atoms with van der Waals surface area (Å²) in [7, 11) is 2.02. The number of aromatic nitrogens is 3. The number of nitrogens with zero attached hydrogens (tertiary/aromatic N) is 2. The summed E-state index contributed by atoms with van der Waals surface area (Å²) in [6.45, 7) is 1.87. The Morgan fingerprint density at radius 3 is 2.93 bits per heavy atom. The number of anilines is 1. The van der Waals surface area contributed by atoms with Gasteiger partial charge in [0.2, 0.25) is 5.82 Å². The van der Waals surface area contributed by atoms with Crippen LogP contribution in [0.25, 0.3) is 0 Å². The predicted octanol–water partition coefficient (Wildman–Crippen LogP) is -1.43. The minimum absolute atomic E-state index is 0.176. The van der Waals surface area contributed by atoms with Gasteiger partial charge in [0, 0.05) is 12.6 Å². The molecule has 0 amide bonds. The van der Waals surface area contributed by atoms with E-state index in [9.17, 15) is 9.59 Å². The van der Waals surface area contributed by atoms with Crippen molar-refractivity contribution in [3.63, 3.8) is 0 Å². The number of H-pyrrole nitrogens is 2. The Kier molecular flexibility index (Phi) is 2.55. The fraction of sp³-hybridized carbons (Fsp3) is 0.625. The number of rotatable bonds is 2. The zero-order valence-corrected chi connectivity index (χ0v) is 8.41. The highest BCUT2D eigenvalue weighted by Crippen LogP contribution is 2.09. The van der Waals surface area contributed by atoms with Gasteiger partial charge in [0.25, 0.3) is 5.56 Å². The van der Waals surface area contributed by atoms with Crippen molar-refractivity contribution in [2.45, 2.75) is 12.5 Å². The standard InChI is InChI=1S/C8H13N5O2/c1-13-3-2-5(4-13)9-6-7(14)10-8(15)12-11-6/h5H,2-4H2,1H3,(H,9,11)(H2,10,12,14,15). The monoisotopic (exact) mass is 211 g/mol. The first-order valence-corrected chi connectivity index (χ1v) is 4.79. The lowest BCUT2D eigenvalue weighted by Gasteiger charge is -2.11. The van der Waals surface area contributed by atoms with Crippen molar-refractivity contribution in [1.29, 1.82) is 0 Å². The number of aromatic amines is 2.